The lowest BCUT2D eigenvalue weighted by molar-refractivity contribution is 0.0634. The maximum atomic E-state index is 13.1. The van der Waals surface area contributed by atoms with E-state index in [4.69, 9.17) is 4.42 Å². The maximum absolute atomic E-state index is 13.1. The van der Waals surface area contributed by atoms with Gasteiger partial charge >= 0.3 is 0 Å². The monoisotopic (exact) mass is 410 g/mol. The van der Waals surface area contributed by atoms with E-state index in [2.05, 4.69) is 28.4 Å². The molecule has 2 heterocycles. The van der Waals surface area contributed by atoms with Crippen molar-refractivity contribution in [2.75, 3.05) is 6.54 Å². The molecular formula is C22H30N6O2. The highest BCUT2D eigenvalue weighted by atomic mass is 16.4. The van der Waals surface area contributed by atoms with Crippen LogP contribution in [0, 0.1) is 31.1 Å². The van der Waals surface area contributed by atoms with E-state index in [1.807, 2.05) is 39.8 Å². The number of carbonyl (C=O) groups excluding carboxylic acids is 1. The molecule has 0 aliphatic rings. The van der Waals surface area contributed by atoms with Crippen molar-refractivity contribution in [2.24, 2.45) is 5.92 Å². The standard InChI is InChI=1S/C22H30N6O2/c1-6-9-11-18(15-23)12-13-28-25-21(24-26-28)19(10-7-2)27(8-3)22(29)20-14-16(4)17(5)30-20/h6,9,12-14,18-19H,7-8,10-11H2,1-5H3/b9-6-,13-12+. The molecule has 2 aromatic rings. The summed E-state index contributed by atoms with van der Waals surface area (Å²) in [5.41, 5.74) is 0.945. The number of allylic oxidation sites excluding steroid dienone is 3. The van der Waals surface area contributed by atoms with E-state index in [1.54, 1.807) is 23.2 Å². The van der Waals surface area contributed by atoms with Gasteiger partial charge in [0.15, 0.2) is 11.6 Å². The fraction of sp³-hybridized carbons (Fsp3) is 0.500. The van der Waals surface area contributed by atoms with Crippen LogP contribution in [0.3, 0.4) is 0 Å². The molecule has 0 spiro atoms. The number of rotatable bonds is 10. The summed E-state index contributed by atoms with van der Waals surface area (Å²) in [6, 6.07) is 3.69. The molecule has 0 aliphatic heterocycles. The zero-order chi connectivity index (χ0) is 22.1. The molecule has 0 saturated heterocycles. The molecule has 0 aliphatic carbocycles. The summed E-state index contributed by atoms with van der Waals surface area (Å²) >= 11 is 0. The highest BCUT2D eigenvalue weighted by Crippen LogP contribution is 2.26. The van der Waals surface area contributed by atoms with Crippen molar-refractivity contribution >= 4 is 12.1 Å². The molecule has 0 aromatic carbocycles. The minimum absolute atomic E-state index is 0.185. The topological polar surface area (TPSA) is 101 Å². The third-order valence-electron chi connectivity index (χ3n) is 4.90. The third-order valence-corrected chi connectivity index (χ3v) is 4.90. The third kappa shape index (κ3) is 5.66. The predicted molar refractivity (Wildman–Crippen MR) is 114 cm³/mol. The number of tetrazole rings is 1. The Hall–Kier alpha value is -3.21. The molecule has 2 unspecified atom stereocenters. The SMILES string of the molecule is C/C=C\CC(C#N)/C=C/n1nnc(C(CCC)N(CC)C(=O)c2cc(C)c(C)o2)n1. The number of aromatic nitrogens is 4. The molecule has 2 atom stereocenters. The number of aryl methyl sites for hydroxylation is 2. The molecule has 0 bridgehead atoms. The van der Waals surface area contributed by atoms with Crippen LogP contribution in [-0.4, -0.2) is 37.6 Å². The van der Waals surface area contributed by atoms with E-state index in [0.717, 1.165) is 17.7 Å². The second kappa shape index (κ2) is 11.1. The molecule has 160 valence electrons. The predicted octanol–water partition coefficient (Wildman–Crippen LogP) is 4.46. The molecule has 2 aromatic heterocycles. The molecule has 2 rings (SSSR count). The van der Waals surface area contributed by atoms with Crippen LogP contribution in [0.25, 0.3) is 6.20 Å². The summed E-state index contributed by atoms with van der Waals surface area (Å²) in [4.78, 5) is 16.1. The molecule has 30 heavy (non-hydrogen) atoms. The van der Waals surface area contributed by atoms with E-state index in [-0.39, 0.29) is 17.9 Å². The van der Waals surface area contributed by atoms with Crippen molar-refractivity contribution < 1.29 is 9.21 Å². The van der Waals surface area contributed by atoms with Gasteiger partial charge in [0.05, 0.1) is 18.0 Å². The second-order valence-electron chi connectivity index (χ2n) is 7.10. The highest BCUT2D eigenvalue weighted by molar-refractivity contribution is 5.92. The lowest BCUT2D eigenvalue weighted by atomic mass is 10.1. The zero-order valence-corrected chi connectivity index (χ0v) is 18.4. The van der Waals surface area contributed by atoms with Gasteiger partial charge in [-0.05, 0) is 63.5 Å². The first-order valence-electron chi connectivity index (χ1n) is 10.3. The van der Waals surface area contributed by atoms with Gasteiger partial charge in [0.25, 0.3) is 5.91 Å². The minimum Gasteiger partial charge on any atom is -0.456 e. The first-order valence-corrected chi connectivity index (χ1v) is 10.3. The lowest BCUT2D eigenvalue weighted by Gasteiger charge is -2.27. The summed E-state index contributed by atoms with van der Waals surface area (Å²) in [5.74, 6) is 1.08. The number of carbonyl (C=O) groups is 1. The molecule has 0 fully saturated rings. The average molecular weight is 411 g/mol. The molecule has 0 radical (unpaired) electrons. The van der Waals surface area contributed by atoms with Gasteiger partial charge < -0.3 is 9.32 Å². The maximum Gasteiger partial charge on any atom is 0.290 e. The van der Waals surface area contributed by atoms with E-state index in [1.165, 1.54) is 4.80 Å². The molecular weight excluding hydrogens is 380 g/mol. The number of furan rings is 1. The van der Waals surface area contributed by atoms with Crippen LogP contribution in [0.15, 0.2) is 28.7 Å². The van der Waals surface area contributed by atoms with Crippen LogP contribution >= 0.6 is 0 Å². The van der Waals surface area contributed by atoms with Gasteiger partial charge in [-0.2, -0.15) is 5.26 Å². The van der Waals surface area contributed by atoms with Crippen molar-refractivity contribution in [2.45, 2.75) is 59.9 Å². The van der Waals surface area contributed by atoms with Crippen molar-refractivity contribution in [3.8, 4) is 6.07 Å². The Morgan fingerprint density at radius 3 is 2.73 bits per heavy atom. The van der Waals surface area contributed by atoms with Gasteiger partial charge in [-0.3, -0.25) is 4.79 Å². The summed E-state index contributed by atoms with van der Waals surface area (Å²) in [5, 5.41) is 21.9. The molecule has 8 nitrogen and oxygen atoms in total. The van der Waals surface area contributed by atoms with E-state index in [9.17, 15) is 10.1 Å². The van der Waals surface area contributed by atoms with E-state index >= 15 is 0 Å². The first kappa shape index (κ1) is 23.1. The van der Waals surface area contributed by atoms with Crippen LogP contribution in [0.2, 0.25) is 0 Å². The largest absolute Gasteiger partial charge is 0.456 e. The summed E-state index contributed by atoms with van der Waals surface area (Å²) in [7, 11) is 0. The Balaban J connectivity index is 2.24. The number of nitriles is 1. The van der Waals surface area contributed by atoms with Crippen LogP contribution in [0.5, 0.6) is 0 Å². The molecule has 1 amide bonds. The van der Waals surface area contributed by atoms with Gasteiger partial charge in [0, 0.05) is 12.7 Å². The van der Waals surface area contributed by atoms with Gasteiger partial charge in [0.2, 0.25) is 0 Å². The van der Waals surface area contributed by atoms with E-state index in [0.29, 0.717) is 31.0 Å². The van der Waals surface area contributed by atoms with Crippen LogP contribution in [0.1, 0.15) is 73.8 Å². The van der Waals surface area contributed by atoms with Gasteiger partial charge in [-0.15, -0.1) is 15.0 Å². The first-order chi connectivity index (χ1) is 14.4. The zero-order valence-electron chi connectivity index (χ0n) is 18.4. The number of hydrogen-bond acceptors (Lipinski definition) is 6. The molecule has 0 N–H and O–H groups in total. The Morgan fingerprint density at radius 1 is 1.40 bits per heavy atom. The van der Waals surface area contributed by atoms with Gasteiger partial charge in [0.1, 0.15) is 5.76 Å². The summed E-state index contributed by atoms with van der Waals surface area (Å²) in [6.45, 7) is 10.1. The molecule has 0 saturated carbocycles. The Morgan fingerprint density at radius 2 is 2.17 bits per heavy atom. The number of amides is 1. The summed E-state index contributed by atoms with van der Waals surface area (Å²) in [6.07, 6.45) is 9.43. The minimum atomic E-state index is -0.310. The normalized spacial score (nSPS) is 13.6. The number of hydrogen-bond donors (Lipinski definition) is 0. The smallest absolute Gasteiger partial charge is 0.290 e. The quantitative estimate of drug-likeness (QED) is 0.536. The van der Waals surface area contributed by atoms with Crippen molar-refractivity contribution in [3.63, 3.8) is 0 Å². The van der Waals surface area contributed by atoms with Gasteiger partial charge in [-0.1, -0.05) is 25.5 Å². The second-order valence-corrected chi connectivity index (χ2v) is 7.10. The fourth-order valence-electron chi connectivity index (χ4n) is 3.09. The van der Waals surface area contributed by atoms with Crippen LogP contribution < -0.4 is 0 Å². The average Bonchev–Trinajstić information content (AvgIpc) is 3.34. The van der Waals surface area contributed by atoms with Gasteiger partial charge in [-0.25, -0.2) is 0 Å². The highest BCUT2D eigenvalue weighted by Gasteiger charge is 2.29. The van der Waals surface area contributed by atoms with Crippen LogP contribution in [0.4, 0.5) is 0 Å². The lowest BCUT2D eigenvalue weighted by Crippen LogP contribution is -2.35. The fourth-order valence-corrected chi connectivity index (χ4v) is 3.09. The Bertz CT molecular complexity index is 914. The number of nitrogens with zero attached hydrogens (tertiary/aromatic N) is 6. The summed E-state index contributed by atoms with van der Waals surface area (Å²) < 4.78 is 5.64. The molecule has 8 heteroatoms. The van der Waals surface area contributed by atoms with Crippen molar-refractivity contribution in [1.82, 2.24) is 25.1 Å². The Kier molecular flexibility index (Phi) is 8.54. The Labute approximate surface area is 177 Å². The van der Waals surface area contributed by atoms with Crippen molar-refractivity contribution in [3.05, 3.63) is 47.2 Å². The van der Waals surface area contributed by atoms with E-state index < -0.39 is 0 Å². The van der Waals surface area contributed by atoms with Crippen molar-refractivity contribution in [1.29, 1.82) is 5.26 Å². The van der Waals surface area contributed by atoms with Crippen LogP contribution in [-0.2, 0) is 0 Å².